The molecule has 3 aliphatic heterocycles. The van der Waals surface area contributed by atoms with Crippen molar-refractivity contribution in [1.29, 1.82) is 0 Å². The minimum absolute atomic E-state index is 0.101. The highest BCUT2D eigenvalue weighted by Gasteiger charge is 2.53. The zero-order valence-electron chi connectivity index (χ0n) is 20.2. The second-order valence-corrected chi connectivity index (χ2v) is 9.31. The van der Waals surface area contributed by atoms with Crippen LogP contribution in [0.15, 0.2) is 0 Å². The summed E-state index contributed by atoms with van der Waals surface area (Å²) in [4.78, 5) is 0. The molecule has 37 heavy (non-hydrogen) atoms. The van der Waals surface area contributed by atoms with Gasteiger partial charge in [-0.05, 0) is 19.9 Å². The molecule has 16 nitrogen and oxygen atoms in total. The number of aliphatic hydroxyl groups is 9. The van der Waals surface area contributed by atoms with Gasteiger partial charge in [-0.15, -0.1) is 0 Å². The number of hydrogen-bond acceptors (Lipinski definition) is 16. The molecule has 0 unspecified atom stereocenters. The first kappa shape index (κ1) is 30.9. The van der Waals surface area contributed by atoms with Gasteiger partial charge in [0.2, 0.25) is 0 Å². The van der Waals surface area contributed by atoms with E-state index in [4.69, 9.17) is 34.2 Å². The van der Waals surface area contributed by atoms with Crippen LogP contribution in [0.25, 0.3) is 0 Å². The van der Waals surface area contributed by atoms with E-state index in [2.05, 4.69) is 0 Å². The Labute approximate surface area is 212 Å². The van der Waals surface area contributed by atoms with Gasteiger partial charge in [0.25, 0.3) is 0 Å². The van der Waals surface area contributed by atoms with Crippen LogP contribution >= 0.6 is 0 Å². The second-order valence-electron chi connectivity index (χ2n) is 9.31. The van der Waals surface area contributed by atoms with Crippen LogP contribution in [-0.4, -0.2) is 164 Å². The van der Waals surface area contributed by atoms with Crippen molar-refractivity contribution in [1.82, 2.24) is 0 Å². The molecule has 0 aliphatic carbocycles. The van der Waals surface area contributed by atoms with Gasteiger partial charge in [-0.25, -0.2) is 0 Å². The van der Waals surface area contributed by atoms with Crippen LogP contribution in [-0.2, 0) is 28.4 Å². The summed E-state index contributed by atoms with van der Waals surface area (Å²) in [5.41, 5.74) is 5.44. The first-order valence-electron chi connectivity index (χ1n) is 12.1. The Morgan fingerprint density at radius 2 is 1.22 bits per heavy atom. The van der Waals surface area contributed by atoms with E-state index in [9.17, 15) is 46.0 Å². The summed E-state index contributed by atoms with van der Waals surface area (Å²) in [5.74, 6) is 0. The van der Waals surface area contributed by atoms with Gasteiger partial charge < -0.3 is 80.1 Å². The molecule has 16 heteroatoms. The van der Waals surface area contributed by atoms with Gasteiger partial charge >= 0.3 is 0 Å². The number of nitrogens with two attached hydrogens (primary N) is 1. The molecule has 0 saturated carbocycles. The van der Waals surface area contributed by atoms with Crippen LogP contribution in [0.4, 0.5) is 0 Å². The van der Waals surface area contributed by atoms with Crippen LogP contribution in [0.3, 0.4) is 0 Å². The molecule has 15 atom stereocenters. The average Bonchev–Trinajstić information content (AvgIpc) is 2.88. The molecule has 3 aliphatic rings. The Balaban J connectivity index is 1.81. The predicted octanol–water partition coefficient (Wildman–Crippen LogP) is -6.17. The van der Waals surface area contributed by atoms with Gasteiger partial charge in [0, 0.05) is 0 Å². The number of rotatable bonds is 10. The first-order valence-corrected chi connectivity index (χ1v) is 12.1. The first-order chi connectivity index (χ1) is 17.5. The maximum absolute atomic E-state index is 10.8. The standard InChI is InChI=1S/C21H39NO15/c1-7-10(25)14(29)18(37-20-15(30)13(28)11(26)8(5-23)35-20)21(33-7)36-17-12(27)9(6-24)34-19(16(17)31)32-4-2-3-22/h7-21,23-31H,2-6,22H2,1H3/t7-,8-,9-,10-,11-,12-,13+,14+,15+,16+,17+,18+,19+,20-,21-/m1/s1. The van der Waals surface area contributed by atoms with E-state index in [0.29, 0.717) is 13.0 Å². The fourth-order valence-corrected chi connectivity index (χ4v) is 4.38. The lowest BCUT2D eigenvalue weighted by Crippen LogP contribution is -2.66. The number of aliphatic hydroxyl groups excluding tert-OH is 9. The maximum Gasteiger partial charge on any atom is 0.187 e. The van der Waals surface area contributed by atoms with Crippen LogP contribution in [0.5, 0.6) is 0 Å². The highest BCUT2D eigenvalue weighted by Crippen LogP contribution is 2.33. The minimum Gasteiger partial charge on any atom is -0.394 e. The zero-order valence-corrected chi connectivity index (χ0v) is 20.2. The molecule has 3 heterocycles. The van der Waals surface area contributed by atoms with Crippen LogP contribution in [0, 0.1) is 0 Å². The zero-order chi connectivity index (χ0) is 27.4. The Morgan fingerprint density at radius 3 is 1.84 bits per heavy atom. The average molecular weight is 546 g/mol. The molecule has 0 aromatic carbocycles. The van der Waals surface area contributed by atoms with Gasteiger partial charge in [-0.1, -0.05) is 0 Å². The predicted molar refractivity (Wildman–Crippen MR) is 117 cm³/mol. The SMILES string of the molecule is C[C@H]1O[C@H](O[C@@H]2[C@H](O)[C@@H](OCCCN)O[C@H](CO)[C@H]2O)[C@@H](O[C@H]2O[C@H](CO)[C@@H](O)[C@H](O)[C@@H]2O)[C@@H](O)[C@@H]1O. The van der Waals surface area contributed by atoms with E-state index < -0.39 is 105 Å². The van der Waals surface area contributed by atoms with Crippen molar-refractivity contribution in [2.45, 2.75) is 105 Å². The van der Waals surface area contributed by atoms with Crippen LogP contribution in [0.2, 0.25) is 0 Å². The van der Waals surface area contributed by atoms with Crippen LogP contribution in [0.1, 0.15) is 13.3 Å². The van der Waals surface area contributed by atoms with E-state index in [1.807, 2.05) is 0 Å². The van der Waals surface area contributed by atoms with E-state index in [-0.39, 0.29) is 6.61 Å². The lowest BCUT2D eigenvalue weighted by Gasteiger charge is -2.48. The van der Waals surface area contributed by atoms with Crippen LogP contribution < -0.4 is 5.73 Å². The molecule has 3 rings (SSSR count). The normalized spacial score (nSPS) is 49.2. The lowest BCUT2D eigenvalue weighted by atomic mass is 9.96. The van der Waals surface area contributed by atoms with Crippen molar-refractivity contribution in [2.75, 3.05) is 26.4 Å². The van der Waals surface area contributed by atoms with Crippen molar-refractivity contribution in [3.05, 3.63) is 0 Å². The van der Waals surface area contributed by atoms with E-state index in [1.54, 1.807) is 0 Å². The van der Waals surface area contributed by atoms with Crippen molar-refractivity contribution < 1.29 is 74.4 Å². The van der Waals surface area contributed by atoms with Gasteiger partial charge in [-0.2, -0.15) is 0 Å². The summed E-state index contributed by atoms with van der Waals surface area (Å²) in [7, 11) is 0. The van der Waals surface area contributed by atoms with Crippen molar-refractivity contribution in [3.63, 3.8) is 0 Å². The minimum atomic E-state index is -1.83. The highest BCUT2D eigenvalue weighted by molar-refractivity contribution is 4.95. The Hall–Kier alpha value is -0.640. The third-order valence-electron chi connectivity index (χ3n) is 6.67. The monoisotopic (exact) mass is 545 g/mol. The highest BCUT2D eigenvalue weighted by atomic mass is 16.8. The summed E-state index contributed by atoms with van der Waals surface area (Å²) in [6.45, 7) is 0.436. The summed E-state index contributed by atoms with van der Waals surface area (Å²) < 4.78 is 33.2. The fraction of sp³-hybridized carbons (Fsp3) is 1.00. The molecule has 3 saturated heterocycles. The third-order valence-corrected chi connectivity index (χ3v) is 6.67. The molecule has 218 valence electrons. The maximum atomic E-state index is 10.8. The Bertz CT molecular complexity index is 690. The Kier molecular flexibility index (Phi) is 11.4. The molecule has 0 spiro atoms. The number of ether oxygens (including phenoxy) is 6. The van der Waals surface area contributed by atoms with Crippen molar-refractivity contribution in [2.24, 2.45) is 5.73 Å². The fourth-order valence-electron chi connectivity index (χ4n) is 4.38. The molecule has 0 amide bonds. The van der Waals surface area contributed by atoms with E-state index >= 15 is 0 Å². The molecular formula is C21H39NO15. The molecule has 11 N–H and O–H groups in total. The van der Waals surface area contributed by atoms with Gasteiger partial charge in [0.15, 0.2) is 18.9 Å². The van der Waals surface area contributed by atoms with E-state index in [1.165, 1.54) is 6.92 Å². The largest absolute Gasteiger partial charge is 0.394 e. The quantitative estimate of drug-likeness (QED) is 0.114. The second kappa shape index (κ2) is 13.6. The lowest BCUT2D eigenvalue weighted by molar-refractivity contribution is -0.386. The summed E-state index contributed by atoms with van der Waals surface area (Å²) in [6, 6.07) is 0. The molecule has 0 aromatic rings. The van der Waals surface area contributed by atoms with Gasteiger partial charge in [-0.3, -0.25) is 0 Å². The smallest absolute Gasteiger partial charge is 0.187 e. The Morgan fingerprint density at radius 1 is 0.622 bits per heavy atom. The van der Waals surface area contributed by atoms with Gasteiger partial charge in [0.1, 0.15) is 67.1 Å². The van der Waals surface area contributed by atoms with Crippen molar-refractivity contribution in [3.8, 4) is 0 Å². The summed E-state index contributed by atoms with van der Waals surface area (Å²) in [6.07, 6.45) is -22.6. The molecular weight excluding hydrogens is 506 g/mol. The van der Waals surface area contributed by atoms with Crippen molar-refractivity contribution >= 4 is 0 Å². The van der Waals surface area contributed by atoms with E-state index in [0.717, 1.165) is 0 Å². The third kappa shape index (κ3) is 6.75. The molecule has 0 aromatic heterocycles. The molecule has 3 fully saturated rings. The van der Waals surface area contributed by atoms with Gasteiger partial charge in [0.05, 0.1) is 25.9 Å². The summed E-state index contributed by atoms with van der Waals surface area (Å²) in [5, 5.41) is 92.0. The molecule has 0 bridgehead atoms. The summed E-state index contributed by atoms with van der Waals surface area (Å²) >= 11 is 0. The topological polar surface area (TPSA) is 263 Å². The number of hydrogen-bond donors (Lipinski definition) is 10. The molecule has 0 radical (unpaired) electrons.